The average Bonchev–Trinajstić information content (AvgIpc) is 2.43. The number of aromatic nitrogens is 1. The highest BCUT2D eigenvalue weighted by Crippen LogP contribution is 2.31. The predicted octanol–water partition coefficient (Wildman–Crippen LogP) is 4.79. The number of nitrogens with two attached hydrogens (primary N) is 1. The highest BCUT2D eigenvalue weighted by atomic mass is 15.0. The fourth-order valence-electron chi connectivity index (χ4n) is 3.06. The molecule has 0 fully saturated rings. The van der Waals surface area contributed by atoms with Crippen LogP contribution in [-0.4, -0.2) is 4.98 Å². The van der Waals surface area contributed by atoms with E-state index in [1.54, 1.807) is 6.20 Å². The minimum absolute atomic E-state index is 0.790. The molecule has 0 amide bonds. The molecule has 0 aliphatic carbocycles. The van der Waals surface area contributed by atoms with Crippen LogP contribution in [0.25, 0.3) is 10.8 Å². The Balaban J connectivity index is 2.16. The lowest BCUT2D eigenvalue weighted by Gasteiger charge is -2.15. The van der Waals surface area contributed by atoms with Crippen molar-refractivity contribution < 1.29 is 0 Å². The second-order valence-electron chi connectivity index (χ2n) is 6.01. The van der Waals surface area contributed by atoms with Crippen LogP contribution in [-0.2, 0) is 0 Å². The number of rotatable bonds is 2. The molecular formula is C19H21N3. The van der Waals surface area contributed by atoms with E-state index in [1.807, 2.05) is 12.1 Å². The molecule has 0 aliphatic rings. The average molecular weight is 291 g/mol. The lowest BCUT2D eigenvalue weighted by atomic mass is 10.0. The number of aryl methyl sites for hydroxylation is 4. The van der Waals surface area contributed by atoms with E-state index in [-0.39, 0.29) is 0 Å². The van der Waals surface area contributed by atoms with E-state index < -0.39 is 0 Å². The molecule has 0 saturated carbocycles. The molecule has 2 aromatic carbocycles. The number of pyridine rings is 1. The number of nitrogens with zero attached hydrogens (tertiary/aromatic N) is 1. The summed E-state index contributed by atoms with van der Waals surface area (Å²) >= 11 is 0. The maximum atomic E-state index is 6.14. The van der Waals surface area contributed by atoms with Gasteiger partial charge in [0.25, 0.3) is 0 Å². The van der Waals surface area contributed by atoms with Gasteiger partial charge in [-0.05, 0) is 62.6 Å². The van der Waals surface area contributed by atoms with E-state index in [9.17, 15) is 0 Å². The predicted molar refractivity (Wildman–Crippen MR) is 94.8 cm³/mol. The van der Waals surface area contributed by atoms with E-state index in [4.69, 9.17) is 5.73 Å². The standard InChI is InChI=1S/C19H21N3/c1-11-7-13(3)18(14(4)8-11)22-19-16-9-12(2)10-17(20)15(16)5-6-21-19/h5-10H,20H2,1-4H3,(H,21,22). The van der Waals surface area contributed by atoms with Crippen molar-refractivity contribution in [1.29, 1.82) is 0 Å². The first-order valence-electron chi connectivity index (χ1n) is 7.45. The molecule has 22 heavy (non-hydrogen) atoms. The normalized spacial score (nSPS) is 10.9. The Bertz CT molecular complexity index is 843. The van der Waals surface area contributed by atoms with Gasteiger partial charge < -0.3 is 11.1 Å². The SMILES string of the molecule is Cc1cc(C)c(Nc2nccc3c(N)cc(C)cc23)c(C)c1. The minimum Gasteiger partial charge on any atom is -0.398 e. The lowest BCUT2D eigenvalue weighted by molar-refractivity contribution is 1.28. The molecule has 112 valence electrons. The minimum atomic E-state index is 0.790. The van der Waals surface area contributed by atoms with Gasteiger partial charge in [-0.3, -0.25) is 0 Å². The molecule has 0 unspecified atom stereocenters. The zero-order valence-corrected chi connectivity index (χ0v) is 13.5. The summed E-state index contributed by atoms with van der Waals surface area (Å²) in [5.74, 6) is 0.850. The quantitative estimate of drug-likeness (QED) is 0.667. The van der Waals surface area contributed by atoms with Crippen LogP contribution in [0.5, 0.6) is 0 Å². The molecule has 3 nitrogen and oxygen atoms in total. The van der Waals surface area contributed by atoms with Crippen LogP contribution in [0.1, 0.15) is 22.3 Å². The summed E-state index contributed by atoms with van der Waals surface area (Å²) in [6, 6.07) is 10.4. The Kier molecular flexibility index (Phi) is 3.49. The van der Waals surface area contributed by atoms with Crippen molar-refractivity contribution >= 4 is 28.0 Å². The number of fused-ring (bicyclic) bond motifs is 1. The third-order valence-electron chi connectivity index (χ3n) is 3.98. The Labute approximate surface area is 131 Å². The molecule has 3 N–H and O–H groups in total. The van der Waals surface area contributed by atoms with Crippen LogP contribution in [0.3, 0.4) is 0 Å². The number of anilines is 3. The Morgan fingerprint density at radius 1 is 0.864 bits per heavy atom. The molecule has 0 radical (unpaired) electrons. The van der Waals surface area contributed by atoms with Gasteiger partial charge in [-0.15, -0.1) is 0 Å². The van der Waals surface area contributed by atoms with Gasteiger partial charge in [0, 0.05) is 28.3 Å². The maximum absolute atomic E-state index is 6.14. The van der Waals surface area contributed by atoms with Gasteiger partial charge in [-0.1, -0.05) is 17.7 Å². The first-order chi connectivity index (χ1) is 10.5. The summed E-state index contributed by atoms with van der Waals surface area (Å²) in [4.78, 5) is 4.52. The van der Waals surface area contributed by atoms with Gasteiger partial charge >= 0.3 is 0 Å². The number of hydrogen-bond acceptors (Lipinski definition) is 3. The zero-order valence-electron chi connectivity index (χ0n) is 13.5. The second-order valence-corrected chi connectivity index (χ2v) is 6.01. The van der Waals surface area contributed by atoms with E-state index in [2.05, 4.69) is 56.2 Å². The van der Waals surface area contributed by atoms with Crippen LogP contribution in [0.15, 0.2) is 36.5 Å². The summed E-state index contributed by atoms with van der Waals surface area (Å²) in [6.45, 7) is 8.40. The number of nitrogens with one attached hydrogen (secondary N) is 1. The summed E-state index contributed by atoms with van der Waals surface area (Å²) < 4.78 is 0. The topological polar surface area (TPSA) is 50.9 Å². The van der Waals surface area contributed by atoms with E-state index in [1.165, 1.54) is 16.7 Å². The molecule has 0 atom stereocenters. The fraction of sp³-hybridized carbons (Fsp3) is 0.211. The summed E-state index contributed by atoms with van der Waals surface area (Å²) in [5.41, 5.74) is 12.9. The highest BCUT2D eigenvalue weighted by molar-refractivity contribution is 6.00. The van der Waals surface area contributed by atoms with Gasteiger partial charge in [0.05, 0.1) is 0 Å². The molecule has 3 heteroatoms. The largest absolute Gasteiger partial charge is 0.398 e. The van der Waals surface area contributed by atoms with Crippen molar-refractivity contribution in [3.63, 3.8) is 0 Å². The van der Waals surface area contributed by atoms with Gasteiger partial charge in [-0.2, -0.15) is 0 Å². The van der Waals surface area contributed by atoms with Crippen LogP contribution in [0, 0.1) is 27.7 Å². The van der Waals surface area contributed by atoms with Crippen molar-refractivity contribution in [2.75, 3.05) is 11.1 Å². The first kappa shape index (κ1) is 14.4. The molecular weight excluding hydrogens is 270 g/mol. The van der Waals surface area contributed by atoms with Crippen LogP contribution in [0.2, 0.25) is 0 Å². The third-order valence-corrected chi connectivity index (χ3v) is 3.98. The van der Waals surface area contributed by atoms with Gasteiger partial charge in [0.2, 0.25) is 0 Å². The fourth-order valence-corrected chi connectivity index (χ4v) is 3.06. The second kappa shape index (κ2) is 5.34. The molecule has 0 saturated heterocycles. The molecule has 0 spiro atoms. The van der Waals surface area contributed by atoms with E-state index in [0.29, 0.717) is 0 Å². The Morgan fingerprint density at radius 2 is 1.50 bits per heavy atom. The van der Waals surface area contributed by atoms with Crippen LogP contribution in [0.4, 0.5) is 17.2 Å². The van der Waals surface area contributed by atoms with Gasteiger partial charge in [-0.25, -0.2) is 4.98 Å². The van der Waals surface area contributed by atoms with Crippen molar-refractivity contribution in [3.05, 3.63) is 58.8 Å². The number of hydrogen-bond donors (Lipinski definition) is 2. The molecule has 1 aromatic heterocycles. The van der Waals surface area contributed by atoms with Gasteiger partial charge in [0.1, 0.15) is 5.82 Å². The monoisotopic (exact) mass is 291 g/mol. The summed E-state index contributed by atoms with van der Waals surface area (Å²) in [5, 5.41) is 5.59. The molecule has 0 aliphatic heterocycles. The van der Waals surface area contributed by atoms with Crippen LogP contribution >= 0.6 is 0 Å². The third kappa shape index (κ3) is 2.50. The van der Waals surface area contributed by atoms with Crippen molar-refractivity contribution in [3.8, 4) is 0 Å². The summed E-state index contributed by atoms with van der Waals surface area (Å²) in [7, 11) is 0. The molecule has 1 heterocycles. The zero-order chi connectivity index (χ0) is 15.9. The molecule has 3 aromatic rings. The smallest absolute Gasteiger partial charge is 0.138 e. The van der Waals surface area contributed by atoms with Crippen molar-refractivity contribution in [1.82, 2.24) is 4.98 Å². The lowest BCUT2D eigenvalue weighted by Crippen LogP contribution is -2.00. The first-order valence-corrected chi connectivity index (χ1v) is 7.45. The van der Waals surface area contributed by atoms with E-state index in [0.717, 1.165) is 33.5 Å². The van der Waals surface area contributed by atoms with Crippen LogP contribution < -0.4 is 11.1 Å². The summed E-state index contributed by atoms with van der Waals surface area (Å²) in [6.07, 6.45) is 1.80. The maximum Gasteiger partial charge on any atom is 0.138 e. The van der Waals surface area contributed by atoms with Crippen molar-refractivity contribution in [2.24, 2.45) is 0 Å². The highest BCUT2D eigenvalue weighted by Gasteiger charge is 2.09. The Hall–Kier alpha value is -2.55. The van der Waals surface area contributed by atoms with Crippen molar-refractivity contribution in [2.45, 2.75) is 27.7 Å². The van der Waals surface area contributed by atoms with E-state index >= 15 is 0 Å². The Morgan fingerprint density at radius 3 is 2.18 bits per heavy atom. The number of benzene rings is 2. The molecule has 3 rings (SSSR count). The molecule has 0 bridgehead atoms. The number of nitrogen functional groups attached to an aromatic ring is 1. The van der Waals surface area contributed by atoms with Gasteiger partial charge in [0.15, 0.2) is 0 Å².